The number of benzene rings is 2. The standard InChI is InChI=1S/C37H41ClN6O4/c1-23-29(5-4-6-31(23)42-37(47)32-11-7-24(18-40-32)19-44-16-14-28(45)22-44)30-13-15-39-36(35(30)38)25-8-9-26(33(17-25)48-3)20-43(2)21-27-10-12-34(46)41-27/h4-9,11,13,15,17-18,27-28,45H,10,12,14,16,19-22H2,1-3H3,(H,41,46)(H,42,47)/t27-,28+/m1/s1. The van der Waals surface area contributed by atoms with Crippen molar-refractivity contribution in [2.24, 2.45) is 0 Å². The van der Waals surface area contributed by atoms with Gasteiger partial charge in [0.2, 0.25) is 5.91 Å². The number of amides is 2. The van der Waals surface area contributed by atoms with E-state index < -0.39 is 0 Å². The molecule has 10 nitrogen and oxygen atoms in total. The van der Waals surface area contributed by atoms with Gasteiger partial charge in [-0.05, 0) is 67.8 Å². The van der Waals surface area contributed by atoms with Crippen molar-refractivity contribution in [2.75, 3.05) is 39.1 Å². The molecule has 2 saturated heterocycles. The Morgan fingerprint density at radius 3 is 2.71 bits per heavy atom. The molecule has 4 aromatic rings. The number of hydrogen-bond donors (Lipinski definition) is 3. The average Bonchev–Trinajstić information content (AvgIpc) is 3.69. The molecule has 6 rings (SSSR count). The number of ether oxygens (including phenoxy) is 1. The van der Waals surface area contributed by atoms with Gasteiger partial charge in [-0.1, -0.05) is 41.9 Å². The van der Waals surface area contributed by atoms with Crippen LogP contribution in [0.25, 0.3) is 22.4 Å². The minimum Gasteiger partial charge on any atom is -0.496 e. The lowest BCUT2D eigenvalue weighted by Crippen LogP contribution is -2.36. The Hall–Kier alpha value is -4.35. The fourth-order valence-electron chi connectivity index (χ4n) is 6.54. The maximum absolute atomic E-state index is 13.2. The summed E-state index contributed by atoms with van der Waals surface area (Å²) in [5, 5.41) is 16.3. The van der Waals surface area contributed by atoms with Crippen molar-refractivity contribution in [3.8, 4) is 28.1 Å². The van der Waals surface area contributed by atoms with Crippen LogP contribution < -0.4 is 15.4 Å². The monoisotopic (exact) mass is 668 g/mol. The fourth-order valence-corrected chi connectivity index (χ4v) is 6.86. The van der Waals surface area contributed by atoms with Crippen molar-refractivity contribution in [1.29, 1.82) is 0 Å². The van der Waals surface area contributed by atoms with Crippen molar-refractivity contribution in [3.63, 3.8) is 0 Å². The van der Waals surface area contributed by atoms with Gasteiger partial charge in [0.25, 0.3) is 5.91 Å². The minimum atomic E-state index is -0.300. The van der Waals surface area contributed by atoms with Crippen molar-refractivity contribution in [3.05, 3.63) is 94.4 Å². The highest BCUT2D eigenvalue weighted by Gasteiger charge is 2.23. The molecule has 0 spiro atoms. The molecule has 2 aliphatic heterocycles. The van der Waals surface area contributed by atoms with Crippen LogP contribution in [0.3, 0.4) is 0 Å². The molecule has 2 amide bonds. The summed E-state index contributed by atoms with van der Waals surface area (Å²) in [6.45, 7) is 5.58. The van der Waals surface area contributed by atoms with Crippen LogP contribution in [0.1, 0.15) is 46.4 Å². The molecule has 48 heavy (non-hydrogen) atoms. The molecule has 0 aliphatic carbocycles. The van der Waals surface area contributed by atoms with E-state index >= 15 is 0 Å². The predicted molar refractivity (Wildman–Crippen MR) is 187 cm³/mol. The summed E-state index contributed by atoms with van der Waals surface area (Å²) in [5.41, 5.74) is 7.00. The maximum Gasteiger partial charge on any atom is 0.274 e. The molecule has 0 bridgehead atoms. The van der Waals surface area contributed by atoms with E-state index in [-0.39, 0.29) is 24.0 Å². The first-order valence-electron chi connectivity index (χ1n) is 16.2. The van der Waals surface area contributed by atoms with E-state index in [1.54, 1.807) is 25.6 Å². The Morgan fingerprint density at radius 1 is 1.15 bits per heavy atom. The van der Waals surface area contributed by atoms with Crippen molar-refractivity contribution < 1.29 is 19.4 Å². The number of anilines is 1. The summed E-state index contributed by atoms with van der Waals surface area (Å²) in [5.74, 6) is 0.546. The van der Waals surface area contributed by atoms with Crippen molar-refractivity contribution in [1.82, 2.24) is 25.1 Å². The van der Waals surface area contributed by atoms with Crippen LogP contribution in [0.4, 0.5) is 5.69 Å². The maximum atomic E-state index is 13.2. The molecule has 250 valence electrons. The number of methoxy groups -OCH3 is 1. The lowest BCUT2D eigenvalue weighted by molar-refractivity contribution is -0.119. The number of β-amino-alcohol motifs (C(OH)–C–C–N with tert-alkyl or cyclic N) is 1. The van der Waals surface area contributed by atoms with Gasteiger partial charge in [-0.3, -0.25) is 29.4 Å². The Balaban J connectivity index is 1.17. The van der Waals surface area contributed by atoms with Gasteiger partial charge >= 0.3 is 0 Å². The Morgan fingerprint density at radius 2 is 2.00 bits per heavy atom. The summed E-state index contributed by atoms with van der Waals surface area (Å²) in [7, 11) is 3.69. The van der Waals surface area contributed by atoms with Gasteiger partial charge in [-0.15, -0.1) is 0 Å². The average molecular weight is 669 g/mol. The normalized spacial score (nSPS) is 17.9. The zero-order valence-corrected chi connectivity index (χ0v) is 28.3. The number of carbonyl (C=O) groups excluding carboxylic acids is 2. The van der Waals surface area contributed by atoms with Gasteiger partial charge in [0.05, 0.1) is 23.9 Å². The van der Waals surface area contributed by atoms with Crippen LogP contribution in [0.2, 0.25) is 5.02 Å². The highest BCUT2D eigenvalue weighted by atomic mass is 35.5. The SMILES string of the molecule is COc1cc(-c2nccc(-c3cccc(NC(=O)c4ccc(CN5CC[C@H](O)C5)cn4)c3C)c2Cl)ccc1CN(C)C[C@H]1CCC(=O)N1. The number of pyridine rings is 2. The molecule has 4 heterocycles. The molecular weight excluding hydrogens is 628 g/mol. The molecule has 0 radical (unpaired) electrons. The lowest BCUT2D eigenvalue weighted by Gasteiger charge is -2.22. The van der Waals surface area contributed by atoms with E-state index in [9.17, 15) is 14.7 Å². The number of nitrogens with one attached hydrogen (secondary N) is 2. The highest BCUT2D eigenvalue weighted by molar-refractivity contribution is 6.35. The molecule has 2 aromatic heterocycles. The van der Waals surface area contributed by atoms with Crippen LogP contribution in [-0.4, -0.2) is 82.6 Å². The molecule has 2 fully saturated rings. The first-order chi connectivity index (χ1) is 23.2. The van der Waals surface area contributed by atoms with E-state index in [0.29, 0.717) is 48.2 Å². The summed E-state index contributed by atoms with van der Waals surface area (Å²) >= 11 is 7.05. The number of rotatable bonds is 11. The zero-order valence-electron chi connectivity index (χ0n) is 27.5. The number of carbonyl (C=O) groups is 2. The first kappa shape index (κ1) is 33.5. The van der Waals surface area contributed by atoms with Gasteiger partial charge in [0.1, 0.15) is 11.4 Å². The number of hydrogen-bond acceptors (Lipinski definition) is 8. The molecule has 2 aromatic carbocycles. The molecule has 3 N–H and O–H groups in total. The number of likely N-dealkylation sites (tertiary alicyclic amines) is 1. The van der Waals surface area contributed by atoms with Gasteiger partial charge in [-0.2, -0.15) is 0 Å². The number of nitrogens with zero attached hydrogens (tertiary/aromatic N) is 4. The van der Waals surface area contributed by atoms with Crippen LogP contribution in [0.15, 0.2) is 67.0 Å². The topological polar surface area (TPSA) is 120 Å². The summed E-state index contributed by atoms with van der Waals surface area (Å²) in [6.07, 6.45) is 5.40. The second kappa shape index (κ2) is 14.8. The molecule has 0 saturated carbocycles. The second-order valence-electron chi connectivity index (χ2n) is 12.7. The first-order valence-corrected chi connectivity index (χ1v) is 16.6. The van der Waals surface area contributed by atoms with E-state index in [0.717, 1.165) is 65.1 Å². The third-order valence-electron chi connectivity index (χ3n) is 9.09. The fraction of sp³-hybridized carbons (Fsp3) is 0.351. The van der Waals surface area contributed by atoms with E-state index in [2.05, 4.69) is 30.4 Å². The van der Waals surface area contributed by atoms with Gasteiger partial charge in [-0.25, -0.2) is 0 Å². The summed E-state index contributed by atoms with van der Waals surface area (Å²) in [4.78, 5) is 38.2. The Bertz CT molecular complexity index is 1800. The van der Waals surface area contributed by atoms with Crippen LogP contribution in [0, 0.1) is 6.92 Å². The van der Waals surface area contributed by atoms with Crippen LogP contribution >= 0.6 is 11.6 Å². The third kappa shape index (κ3) is 7.68. The van der Waals surface area contributed by atoms with E-state index in [1.165, 1.54) is 0 Å². The van der Waals surface area contributed by atoms with E-state index in [4.69, 9.17) is 16.3 Å². The Kier molecular flexibility index (Phi) is 10.4. The zero-order chi connectivity index (χ0) is 33.8. The predicted octanol–water partition coefficient (Wildman–Crippen LogP) is 5.31. The van der Waals surface area contributed by atoms with Crippen molar-refractivity contribution >= 4 is 29.1 Å². The summed E-state index contributed by atoms with van der Waals surface area (Å²) < 4.78 is 5.77. The molecular formula is C37H41ClN6O4. The molecule has 2 aliphatic rings. The minimum absolute atomic E-state index is 0.114. The number of aliphatic hydroxyl groups excluding tert-OH is 1. The third-order valence-corrected chi connectivity index (χ3v) is 9.47. The smallest absolute Gasteiger partial charge is 0.274 e. The number of halogens is 1. The largest absolute Gasteiger partial charge is 0.496 e. The lowest BCUT2D eigenvalue weighted by atomic mass is 9.97. The Labute approximate surface area is 286 Å². The van der Waals surface area contributed by atoms with Crippen LogP contribution in [0.5, 0.6) is 5.75 Å². The molecule has 2 atom stereocenters. The van der Waals surface area contributed by atoms with Gasteiger partial charge in [0.15, 0.2) is 0 Å². The van der Waals surface area contributed by atoms with Gasteiger partial charge in [0, 0.05) is 80.0 Å². The molecule has 0 unspecified atom stereocenters. The second-order valence-corrected chi connectivity index (χ2v) is 13.1. The highest BCUT2D eigenvalue weighted by Crippen LogP contribution is 2.39. The quantitative estimate of drug-likeness (QED) is 0.197. The van der Waals surface area contributed by atoms with Crippen LogP contribution in [-0.2, 0) is 17.9 Å². The summed E-state index contributed by atoms with van der Waals surface area (Å²) in [6, 6.07) is 17.4. The van der Waals surface area contributed by atoms with Crippen molar-refractivity contribution in [2.45, 2.75) is 51.4 Å². The number of aromatic nitrogens is 2. The van der Waals surface area contributed by atoms with Gasteiger partial charge < -0.3 is 20.5 Å². The number of aliphatic hydroxyl groups is 1. The number of likely N-dealkylation sites (N-methyl/N-ethyl adjacent to an activating group) is 1. The van der Waals surface area contributed by atoms with E-state index in [1.807, 2.05) is 62.5 Å². The molecule has 11 heteroatoms.